The number of hydrogen-bond acceptors (Lipinski definition) is 5. The molecule has 1 aromatic rings. The van der Waals surface area contributed by atoms with Gasteiger partial charge in [-0.25, -0.2) is 4.98 Å². The number of nitrogens with zero attached hydrogens (tertiary/aromatic N) is 2. The van der Waals surface area contributed by atoms with E-state index in [1.807, 2.05) is 6.92 Å². The monoisotopic (exact) mass is 201 g/mol. The number of nitrogens with one attached hydrogen (secondary N) is 1. The molecule has 0 radical (unpaired) electrons. The fourth-order valence-electron chi connectivity index (χ4n) is 0.988. The molecule has 0 spiro atoms. The average Bonchev–Trinajstić information content (AvgIpc) is 2.64. The first-order valence-corrected chi connectivity index (χ1v) is 5.21. The Morgan fingerprint density at radius 3 is 3.15 bits per heavy atom. The maximum Gasteiger partial charge on any atom is 0.202 e. The van der Waals surface area contributed by atoms with Crippen LogP contribution < -0.4 is 5.32 Å². The summed E-state index contributed by atoms with van der Waals surface area (Å²) in [5, 5.41) is 12.8. The molecule has 0 aliphatic carbocycles. The minimum atomic E-state index is 0.277. The quantitative estimate of drug-likeness (QED) is 0.682. The van der Waals surface area contributed by atoms with Gasteiger partial charge in [0, 0.05) is 24.7 Å². The Hall–Kier alpha value is -0.680. The Kier molecular flexibility index (Phi) is 4.70. The Bertz CT molecular complexity index is 215. The van der Waals surface area contributed by atoms with Crippen LogP contribution in [0.2, 0.25) is 0 Å². The van der Waals surface area contributed by atoms with Gasteiger partial charge in [0.1, 0.15) is 6.33 Å². The van der Waals surface area contributed by atoms with Gasteiger partial charge in [-0.3, -0.25) is 0 Å². The largest absolute Gasteiger partial charge is 0.396 e. The molecule has 1 unspecified atom stereocenters. The van der Waals surface area contributed by atoms with Crippen LogP contribution in [-0.4, -0.2) is 27.6 Å². The van der Waals surface area contributed by atoms with E-state index in [9.17, 15) is 0 Å². The zero-order chi connectivity index (χ0) is 9.52. The lowest BCUT2D eigenvalue weighted by molar-refractivity contribution is 0.229. The highest BCUT2D eigenvalue weighted by Gasteiger charge is 1.99. The second kappa shape index (κ2) is 5.88. The van der Waals surface area contributed by atoms with Crippen molar-refractivity contribution in [1.82, 2.24) is 9.36 Å². The van der Waals surface area contributed by atoms with Crippen LogP contribution in [0.1, 0.15) is 19.8 Å². The molecular weight excluding hydrogens is 186 g/mol. The molecule has 1 aromatic heterocycles. The van der Waals surface area contributed by atoms with E-state index in [2.05, 4.69) is 14.7 Å². The van der Waals surface area contributed by atoms with Crippen molar-refractivity contribution in [3.8, 4) is 0 Å². The highest BCUT2D eigenvalue weighted by Crippen LogP contribution is 2.08. The van der Waals surface area contributed by atoms with Crippen LogP contribution in [0.4, 0.5) is 5.13 Å². The standard InChI is InChI=1S/C8H15N3OS/c1-7(5-12)3-2-4-9-8-10-6-11-13-8/h6-7,12H,2-5H2,1H3,(H,9,10,11). The van der Waals surface area contributed by atoms with E-state index in [4.69, 9.17) is 5.11 Å². The van der Waals surface area contributed by atoms with Gasteiger partial charge in [-0.05, 0) is 18.8 Å². The van der Waals surface area contributed by atoms with Crippen molar-refractivity contribution in [2.24, 2.45) is 5.92 Å². The number of anilines is 1. The van der Waals surface area contributed by atoms with Crippen LogP contribution >= 0.6 is 11.5 Å². The molecule has 0 aliphatic rings. The minimum absolute atomic E-state index is 0.277. The molecule has 5 heteroatoms. The molecule has 1 heterocycles. The van der Waals surface area contributed by atoms with Gasteiger partial charge >= 0.3 is 0 Å². The summed E-state index contributed by atoms with van der Waals surface area (Å²) in [7, 11) is 0. The smallest absolute Gasteiger partial charge is 0.202 e. The predicted octanol–water partition coefficient (Wildman–Crippen LogP) is 1.36. The van der Waals surface area contributed by atoms with E-state index in [1.165, 1.54) is 11.5 Å². The van der Waals surface area contributed by atoms with E-state index in [0.717, 1.165) is 24.5 Å². The van der Waals surface area contributed by atoms with Gasteiger partial charge in [-0.1, -0.05) is 6.92 Å². The highest BCUT2D eigenvalue weighted by molar-refractivity contribution is 7.09. The molecule has 1 rings (SSSR count). The molecular formula is C8H15N3OS. The van der Waals surface area contributed by atoms with Gasteiger partial charge < -0.3 is 10.4 Å². The van der Waals surface area contributed by atoms with E-state index >= 15 is 0 Å². The molecule has 74 valence electrons. The molecule has 4 nitrogen and oxygen atoms in total. The predicted molar refractivity (Wildman–Crippen MR) is 53.9 cm³/mol. The fraction of sp³-hybridized carbons (Fsp3) is 0.750. The molecule has 2 N–H and O–H groups in total. The Morgan fingerprint density at radius 1 is 1.69 bits per heavy atom. The zero-order valence-electron chi connectivity index (χ0n) is 7.73. The van der Waals surface area contributed by atoms with Crippen LogP contribution in [0.5, 0.6) is 0 Å². The summed E-state index contributed by atoms with van der Waals surface area (Å²) in [6.45, 7) is 3.23. The minimum Gasteiger partial charge on any atom is -0.396 e. The van der Waals surface area contributed by atoms with E-state index in [0.29, 0.717) is 5.92 Å². The van der Waals surface area contributed by atoms with E-state index in [-0.39, 0.29) is 6.61 Å². The van der Waals surface area contributed by atoms with Gasteiger partial charge in [0.15, 0.2) is 0 Å². The topological polar surface area (TPSA) is 58.0 Å². The van der Waals surface area contributed by atoms with Crippen LogP contribution in [0.3, 0.4) is 0 Å². The van der Waals surface area contributed by atoms with Crippen molar-refractivity contribution in [3.05, 3.63) is 6.33 Å². The summed E-state index contributed by atoms with van der Waals surface area (Å²) < 4.78 is 3.88. The summed E-state index contributed by atoms with van der Waals surface area (Å²) in [4.78, 5) is 4.00. The first-order valence-electron chi connectivity index (χ1n) is 4.44. The van der Waals surface area contributed by atoms with Crippen LogP contribution in [0, 0.1) is 5.92 Å². The Morgan fingerprint density at radius 2 is 2.54 bits per heavy atom. The molecule has 0 bridgehead atoms. The van der Waals surface area contributed by atoms with E-state index in [1.54, 1.807) is 6.33 Å². The summed E-state index contributed by atoms with van der Waals surface area (Å²) in [6, 6.07) is 0. The lowest BCUT2D eigenvalue weighted by atomic mass is 10.1. The third-order valence-electron chi connectivity index (χ3n) is 1.82. The summed E-state index contributed by atoms with van der Waals surface area (Å²) in [6.07, 6.45) is 3.65. The molecule has 0 saturated heterocycles. The number of aliphatic hydroxyl groups is 1. The maximum atomic E-state index is 8.78. The number of aromatic nitrogens is 2. The van der Waals surface area contributed by atoms with Crippen molar-refractivity contribution in [2.45, 2.75) is 19.8 Å². The first kappa shape index (κ1) is 10.4. The van der Waals surface area contributed by atoms with Crippen LogP contribution in [-0.2, 0) is 0 Å². The molecule has 0 fully saturated rings. The zero-order valence-corrected chi connectivity index (χ0v) is 8.55. The highest BCUT2D eigenvalue weighted by atomic mass is 32.1. The van der Waals surface area contributed by atoms with Gasteiger partial charge in [0.05, 0.1) is 0 Å². The van der Waals surface area contributed by atoms with Gasteiger partial charge in [-0.2, -0.15) is 4.37 Å². The summed E-state index contributed by atoms with van der Waals surface area (Å²) in [5.74, 6) is 0.399. The lowest BCUT2D eigenvalue weighted by Crippen LogP contribution is -2.06. The Balaban J connectivity index is 2.02. The number of aliphatic hydroxyl groups excluding tert-OH is 1. The van der Waals surface area contributed by atoms with Gasteiger partial charge in [0.25, 0.3) is 0 Å². The van der Waals surface area contributed by atoms with E-state index < -0.39 is 0 Å². The van der Waals surface area contributed by atoms with Crippen LogP contribution in [0.15, 0.2) is 6.33 Å². The lowest BCUT2D eigenvalue weighted by Gasteiger charge is -2.06. The summed E-state index contributed by atoms with van der Waals surface area (Å²) >= 11 is 1.37. The second-order valence-corrected chi connectivity index (χ2v) is 3.88. The molecule has 0 aromatic carbocycles. The van der Waals surface area contributed by atoms with Crippen LogP contribution in [0.25, 0.3) is 0 Å². The van der Waals surface area contributed by atoms with Crippen molar-refractivity contribution < 1.29 is 5.11 Å². The van der Waals surface area contributed by atoms with Crippen molar-refractivity contribution in [2.75, 3.05) is 18.5 Å². The molecule has 1 atom stereocenters. The van der Waals surface area contributed by atoms with Crippen molar-refractivity contribution in [3.63, 3.8) is 0 Å². The third-order valence-corrected chi connectivity index (χ3v) is 2.45. The fourth-order valence-corrected chi connectivity index (χ4v) is 1.44. The van der Waals surface area contributed by atoms with Crippen molar-refractivity contribution >= 4 is 16.7 Å². The molecule has 0 aliphatic heterocycles. The number of rotatable bonds is 6. The van der Waals surface area contributed by atoms with Gasteiger partial charge in [-0.15, -0.1) is 0 Å². The van der Waals surface area contributed by atoms with Gasteiger partial charge in [0.2, 0.25) is 5.13 Å². The average molecular weight is 201 g/mol. The normalized spacial score (nSPS) is 12.8. The SMILES string of the molecule is CC(CO)CCCNc1ncns1. The first-order chi connectivity index (χ1) is 6.33. The Labute approximate surface area is 82.2 Å². The molecule has 13 heavy (non-hydrogen) atoms. The maximum absolute atomic E-state index is 8.78. The summed E-state index contributed by atoms with van der Waals surface area (Å²) in [5.41, 5.74) is 0. The molecule has 0 amide bonds. The molecule has 0 saturated carbocycles. The van der Waals surface area contributed by atoms with Crippen molar-refractivity contribution in [1.29, 1.82) is 0 Å². The third kappa shape index (κ3) is 4.19. The second-order valence-electron chi connectivity index (χ2n) is 3.10. The number of hydrogen-bond donors (Lipinski definition) is 2.